The van der Waals surface area contributed by atoms with Crippen molar-refractivity contribution in [1.29, 1.82) is 0 Å². The number of carbonyl (C=O) groups is 1. The average Bonchev–Trinajstić information content (AvgIpc) is 2.46. The summed E-state index contributed by atoms with van der Waals surface area (Å²) in [6, 6.07) is 0.357. The molecule has 6 nitrogen and oxygen atoms in total. The number of pyridine rings is 1. The summed E-state index contributed by atoms with van der Waals surface area (Å²) in [6.07, 6.45) is -3.92. The molecule has 1 saturated heterocycles. The first-order chi connectivity index (χ1) is 9.43. The van der Waals surface area contributed by atoms with Crippen molar-refractivity contribution in [3.8, 4) is 0 Å². The zero-order valence-corrected chi connectivity index (χ0v) is 10.3. The van der Waals surface area contributed by atoms with Crippen molar-refractivity contribution in [2.75, 3.05) is 19.8 Å². The Morgan fingerprint density at radius 1 is 1.55 bits per heavy atom. The van der Waals surface area contributed by atoms with E-state index in [-0.39, 0.29) is 17.9 Å². The highest BCUT2D eigenvalue weighted by Crippen LogP contribution is 2.31. The molecule has 0 aromatic carbocycles. The molecule has 1 amide bonds. The van der Waals surface area contributed by atoms with E-state index in [4.69, 9.17) is 10.6 Å². The Hall–Kier alpha value is -1.71. The normalized spacial score (nSPS) is 19.7. The predicted octanol–water partition coefficient (Wildman–Crippen LogP) is 0.365. The van der Waals surface area contributed by atoms with Gasteiger partial charge in [-0.15, -0.1) is 0 Å². The van der Waals surface area contributed by atoms with Gasteiger partial charge in [0.05, 0.1) is 24.8 Å². The second-order valence-corrected chi connectivity index (χ2v) is 4.21. The molecule has 4 N–H and O–H groups in total. The number of amides is 1. The Balaban J connectivity index is 2.44. The standard InChI is InChI=1S/C11H13F3N4O2/c12-11(13,14)6-3-7(8-5-20-2-1-16-8)9(17-4-6)10(19)18-15/h3-4,8,16H,1-2,5,15H2,(H,18,19). The van der Waals surface area contributed by atoms with Crippen LogP contribution in [0.4, 0.5) is 13.2 Å². The highest BCUT2D eigenvalue weighted by Gasteiger charge is 2.33. The van der Waals surface area contributed by atoms with Crippen molar-refractivity contribution in [3.63, 3.8) is 0 Å². The van der Waals surface area contributed by atoms with E-state index in [9.17, 15) is 18.0 Å². The molecule has 1 aromatic heterocycles. The van der Waals surface area contributed by atoms with E-state index in [0.29, 0.717) is 19.3 Å². The molecule has 1 unspecified atom stereocenters. The number of alkyl halides is 3. The third-order valence-corrected chi connectivity index (χ3v) is 2.89. The molecule has 0 radical (unpaired) electrons. The monoisotopic (exact) mass is 290 g/mol. The molecule has 9 heteroatoms. The first kappa shape index (κ1) is 14.7. The van der Waals surface area contributed by atoms with Crippen LogP contribution in [0.5, 0.6) is 0 Å². The third kappa shape index (κ3) is 3.06. The van der Waals surface area contributed by atoms with Gasteiger partial charge in [-0.2, -0.15) is 13.2 Å². The molecule has 110 valence electrons. The van der Waals surface area contributed by atoms with Crippen LogP contribution in [0.1, 0.15) is 27.7 Å². The maximum Gasteiger partial charge on any atom is 0.417 e. The van der Waals surface area contributed by atoms with Crippen molar-refractivity contribution in [2.24, 2.45) is 5.84 Å². The van der Waals surface area contributed by atoms with Gasteiger partial charge in [0.2, 0.25) is 0 Å². The molecule has 1 aromatic rings. The van der Waals surface area contributed by atoms with Crippen LogP contribution in [0.3, 0.4) is 0 Å². The molecule has 2 rings (SSSR count). The molecule has 0 bridgehead atoms. The molecule has 1 aliphatic rings. The highest BCUT2D eigenvalue weighted by atomic mass is 19.4. The molecule has 1 atom stereocenters. The Morgan fingerprint density at radius 2 is 2.30 bits per heavy atom. The number of nitrogens with zero attached hydrogens (tertiary/aromatic N) is 1. The highest BCUT2D eigenvalue weighted by molar-refractivity contribution is 5.93. The molecule has 2 heterocycles. The van der Waals surface area contributed by atoms with E-state index in [0.717, 1.165) is 6.07 Å². The summed E-state index contributed by atoms with van der Waals surface area (Å²) in [5, 5.41) is 2.98. The smallest absolute Gasteiger partial charge is 0.378 e. The maximum atomic E-state index is 12.7. The quantitative estimate of drug-likeness (QED) is 0.416. The lowest BCUT2D eigenvalue weighted by Gasteiger charge is -2.25. The van der Waals surface area contributed by atoms with Gasteiger partial charge >= 0.3 is 6.18 Å². The number of nitrogens with one attached hydrogen (secondary N) is 2. The largest absolute Gasteiger partial charge is 0.417 e. The van der Waals surface area contributed by atoms with Crippen LogP contribution in [0.2, 0.25) is 0 Å². The van der Waals surface area contributed by atoms with Crippen molar-refractivity contribution < 1.29 is 22.7 Å². The summed E-state index contributed by atoms with van der Waals surface area (Å²) in [7, 11) is 0. The van der Waals surface area contributed by atoms with Gasteiger partial charge in [-0.05, 0) is 6.07 Å². The lowest BCUT2D eigenvalue weighted by atomic mass is 10.0. The molecular formula is C11H13F3N4O2. The number of aromatic nitrogens is 1. The van der Waals surface area contributed by atoms with E-state index in [2.05, 4.69) is 10.3 Å². The van der Waals surface area contributed by atoms with Crippen molar-refractivity contribution in [1.82, 2.24) is 15.7 Å². The summed E-state index contributed by atoms with van der Waals surface area (Å²) in [4.78, 5) is 15.2. The van der Waals surface area contributed by atoms with Gasteiger partial charge in [0.15, 0.2) is 0 Å². The topological polar surface area (TPSA) is 89.3 Å². The number of rotatable bonds is 2. The number of morpholine rings is 1. The Kier molecular flexibility index (Phi) is 4.21. The molecule has 0 spiro atoms. The third-order valence-electron chi connectivity index (χ3n) is 2.89. The lowest BCUT2D eigenvalue weighted by molar-refractivity contribution is -0.137. The van der Waals surface area contributed by atoms with Crippen molar-refractivity contribution in [2.45, 2.75) is 12.2 Å². The fourth-order valence-corrected chi connectivity index (χ4v) is 1.93. The maximum absolute atomic E-state index is 12.7. The molecule has 1 fully saturated rings. The average molecular weight is 290 g/mol. The number of nitrogens with two attached hydrogens (primary N) is 1. The first-order valence-electron chi connectivity index (χ1n) is 5.82. The summed E-state index contributed by atoms with van der Waals surface area (Å²) in [5.41, 5.74) is 0.909. The van der Waals surface area contributed by atoms with Crippen LogP contribution in [0.25, 0.3) is 0 Å². The SMILES string of the molecule is NNC(=O)c1ncc(C(F)(F)F)cc1C1COCCN1. The van der Waals surface area contributed by atoms with Gasteiger partial charge in [-0.25, -0.2) is 5.84 Å². The fraction of sp³-hybridized carbons (Fsp3) is 0.455. The number of ether oxygens (including phenoxy) is 1. The fourth-order valence-electron chi connectivity index (χ4n) is 1.93. The summed E-state index contributed by atoms with van der Waals surface area (Å²) in [5.74, 6) is 4.26. The molecule has 1 aliphatic heterocycles. The predicted molar refractivity (Wildman–Crippen MR) is 62.5 cm³/mol. The number of nitrogen functional groups attached to an aromatic ring is 1. The minimum Gasteiger partial charge on any atom is -0.378 e. The summed E-state index contributed by atoms with van der Waals surface area (Å²) >= 11 is 0. The van der Waals surface area contributed by atoms with E-state index in [1.165, 1.54) is 0 Å². The van der Waals surface area contributed by atoms with E-state index in [1.54, 1.807) is 0 Å². The Morgan fingerprint density at radius 3 is 2.85 bits per heavy atom. The molecule has 0 aliphatic carbocycles. The Labute approximate surface area is 112 Å². The van der Waals surface area contributed by atoms with Gasteiger partial charge < -0.3 is 10.1 Å². The van der Waals surface area contributed by atoms with Crippen LogP contribution in [-0.4, -0.2) is 30.6 Å². The number of hydrogen-bond acceptors (Lipinski definition) is 5. The van der Waals surface area contributed by atoms with E-state index in [1.807, 2.05) is 5.43 Å². The van der Waals surface area contributed by atoms with Gasteiger partial charge in [-0.1, -0.05) is 0 Å². The van der Waals surface area contributed by atoms with Crippen LogP contribution >= 0.6 is 0 Å². The molecular weight excluding hydrogens is 277 g/mol. The molecule has 20 heavy (non-hydrogen) atoms. The van der Waals surface area contributed by atoms with Gasteiger partial charge in [0, 0.05) is 18.3 Å². The summed E-state index contributed by atoms with van der Waals surface area (Å²) in [6.45, 7) is 1.10. The summed E-state index contributed by atoms with van der Waals surface area (Å²) < 4.78 is 43.4. The van der Waals surface area contributed by atoms with Crippen molar-refractivity contribution >= 4 is 5.91 Å². The lowest BCUT2D eigenvalue weighted by Crippen LogP contribution is -2.38. The second-order valence-electron chi connectivity index (χ2n) is 4.21. The van der Waals surface area contributed by atoms with Gasteiger partial charge in [0.1, 0.15) is 5.69 Å². The van der Waals surface area contributed by atoms with Crippen LogP contribution in [0, 0.1) is 0 Å². The zero-order valence-electron chi connectivity index (χ0n) is 10.3. The first-order valence-corrected chi connectivity index (χ1v) is 5.82. The number of hydrogen-bond donors (Lipinski definition) is 3. The number of carbonyl (C=O) groups excluding carboxylic acids is 1. The van der Waals surface area contributed by atoms with Gasteiger partial charge in [0.25, 0.3) is 5.91 Å². The minimum absolute atomic E-state index is 0.113. The van der Waals surface area contributed by atoms with Crippen LogP contribution < -0.4 is 16.6 Å². The van der Waals surface area contributed by atoms with Crippen molar-refractivity contribution in [3.05, 3.63) is 29.1 Å². The number of halogens is 3. The van der Waals surface area contributed by atoms with Gasteiger partial charge in [-0.3, -0.25) is 15.2 Å². The molecule has 0 saturated carbocycles. The number of hydrazine groups is 1. The van der Waals surface area contributed by atoms with E-state index < -0.39 is 23.7 Å². The van der Waals surface area contributed by atoms with E-state index >= 15 is 0 Å². The zero-order chi connectivity index (χ0) is 14.8. The minimum atomic E-state index is -4.53. The second kappa shape index (κ2) is 5.73. The Bertz CT molecular complexity index is 501. The van der Waals surface area contributed by atoms with Crippen LogP contribution in [-0.2, 0) is 10.9 Å². The van der Waals surface area contributed by atoms with Crippen LogP contribution in [0.15, 0.2) is 12.3 Å².